The maximum Gasteiger partial charge on any atom is 0.330 e. The van der Waals surface area contributed by atoms with E-state index in [1.165, 1.54) is 12.3 Å². The van der Waals surface area contributed by atoms with Crippen molar-refractivity contribution >= 4 is 0 Å². The molecule has 2 aliphatic rings. The first kappa shape index (κ1) is 13.5. The molecule has 0 saturated carbocycles. The van der Waals surface area contributed by atoms with E-state index in [0.29, 0.717) is 19.4 Å². The highest BCUT2D eigenvalue weighted by atomic mass is 16.6. The summed E-state index contributed by atoms with van der Waals surface area (Å²) in [6.07, 6.45) is -0.264. The number of aromatic nitrogens is 2. The first-order chi connectivity index (χ1) is 9.57. The largest absolute Gasteiger partial charge is 0.393 e. The summed E-state index contributed by atoms with van der Waals surface area (Å²) in [5, 5.41) is 19.9. The number of fused-ring (bicyclic) bond motifs is 1. The second-order valence-electron chi connectivity index (χ2n) is 5.13. The number of hydrogen-bond donors (Lipinski definition) is 3. The van der Waals surface area contributed by atoms with Gasteiger partial charge in [0.15, 0.2) is 6.23 Å². The molecule has 0 amide bonds. The lowest BCUT2D eigenvalue weighted by molar-refractivity contribution is -0.167. The van der Waals surface area contributed by atoms with Crippen LogP contribution in [0, 0.1) is 0 Å². The normalized spacial score (nSPS) is 36.8. The van der Waals surface area contributed by atoms with Crippen molar-refractivity contribution in [3.05, 3.63) is 33.1 Å². The highest BCUT2D eigenvalue weighted by molar-refractivity contribution is 5.04. The molecule has 2 fully saturated rings. The van der Waals surface area contributed by atoms with Crippen molar-refractivity contribution in [2.75, 3.05) is 13.2 Å². The monoisotopic (exact) mass is 284 g/mol. The number of nitrogens with zero attached hydrogens (tertiary/aromatic N) is 1. The molecule has 8 nitrogen and oxygen atoms in total. The minimum Gasteiger partial charge on any atom is -0.393 e. The Hall–Kier alpha value is -1.48. The third-order valence-electron chi connectivity index (χ3n) is 3.91. The zero-order valence-corrected chi connectivity index (χ0v) is 10.7. The molecule has 4 atom stereocenters. The number of nitrogens with one attached hydrogen (secondary N) is 1. The summed E-state index contributed by atoms with van der Waals surface area (Å²) >= 11 is 0. The van der Waals surface area contributed by atoms with Crippen LogP contribution in [0.1, 0.15) is 19.1 Å². The SMILES string of the molecule is O=c1ccn([C@@H]2O[C@@]3(CO)CCCO[C@H]3[C@H]2O)c(=O)[nH]1. The summed E-state index contributed by atoms with van der Waals surface area (Å²) in [6, 6.07) is 1.17. The van der Waals surface area contributed by atoms with Crippen LogP contribution in [-0.4, -0.2) is 50.8 Å². The van der Waals surface area contributed by atoms with Crippen molar-refractivity contribution in [3.63, 3.8) is 0 Å². The quantitative estimate of drug-likeness (QED) is 0.599. The number of H-pyrrole nitrogens is 1. The first-order valence-electron chi connectivity index (χ1n) is 6.47. The Balaban J connectivity index is 1.99. The zero-order chi connectivity index (χ0) is 14.3. The van der Waals surface area contributed by atoms with E-state index in [2.05, 4.69) is 4.98 Å². The lowest BCUT2D eigenvalue weighted by Gasteiger charge is -2.36. The fourth-order valence-corrected chi connectivity index (χ4v) is 2.93. The molecule has 8 heteroatoms. The summed E-state index contributed by atoms with van der Waals surface area (Å²) in [4.78, 5) is 25.0. The second kappa shape index (κ2) is 4.81. The Morgan fingerprint density at radius 3 is 2.95 bits per heavy atom. The molecule has 3 heterocycles. The van der Waals surface area contributed by atoms with Crippen LogP contribution in [-0.2, 0) is 9.47 Å². The van der Waals surface area contributed by atoms with Gasteiger partial charge < -0.3 is 19.7 Å². The molecule has 1 aromatic heterocycles. The van der Waals surface area contributed by atoms with Crippen molar-refractivity contribution in [2.45, 2.75) is 36.9 Å². The van der Waals surface area contributed by atoms with Crippen LogP contribution in [0.2, 0.25) is 0 Å². The molecule has 0 spiro atoms. The molecule has 110 valence electrons. The summed E-state index contributed by atoms with van der Waals surface area (Å²) in [6.45, 7) is 0.170. The fraction of sp³-hybridized carbons (Fsp3) is 0.667. The topological polar surface area (TPSA) is 114 Å². The van der Waals surface area contributed by atoms with Crippen molar-refractivity contribution in [3.8, 4) is 0 Å². The maximum atomic E-state index is 11.8. The number of aliphatic hydroxyl groups is 2. The highest BCUT2D eigenvalue weighted by Gasteiger charge is 2.57. The van der Waals surface area contributed by atoms with Gasteiger partial charge in [0.1, 0.15) is 17.8 Å². The van der Waals surface area contributed by atoms with Crippen molar-refractivity contribution in [2.24, 2.45) is 0 Å². The molecule has 1 aromatic rings. The van der Waals surface area contributed by atoms with E-state index in [4.69, 9.17) is 9.47 Å². The van der Waals surface area contributed by atoms with Crippen LogP contribution < -0.4 is 11.2 Å². The summed E-state index contributed by atoms with van der Waals surface area (Å²) < 4.78 is 12.3. The standard InChI is InChI=1S/C12H16N2O6/c15-6-12-3-1-5-19-9(12)8(17)10(20-12)14-4-2-7(16)13-11(14)18/h2,4,8-10,15,17H,1,3,5-6H2,(H,13,16,18)/t8-,9+,10-,12-/m1/s1. The average Bonchev–Trinajstić information content (AvgIpc) is 2.74. The molecular weight excluding hydrogens is 268 g/mol. The maximum absolute atomic E-state index is 11.8. The van der Waals surface area contributed by atoms with Gasteiger partial charge in [-0.3, -0.25) is 14.3 Å². The number of ether oxygens (including phenoxy) is 2. The van der Waals surface area contributed by atoms with E-state index in [1.807, 2.05) is 0 Å². The van der Waals surface area contributed by atoms with Crippen LogP contribution in [0.25, 0.3) is 0 Å². The fourth-order valence-electron chi connectivity index (χ4n) is 2.93. The van der Waals surface area contributed by atoms with Gasteiger partial charge in [0.2, 0.25) is 0 Å². The minimum absolute atomic E-state index is 0.302. The first-order valence-corrected chi connectivity index (χ1v) is 6.47. The van der Waals surface area contributed by atoms with Gasteiger partial charge in [0.25, 0.3) is 5.56 Å². The average molecular weight is 284 g/mol. The van der Waals surface area contributed by atoms with Crippen molar-refractivity contribution < 1.29 is 19.7 Å². The van der Waals surface area contributed by atoms with Gasteiger partial charge in [-0.15, -0.1) is 0 Å². The van der Waals surface area contributed by atoms with Gasteiger partial charge in [0.05, 0.1) is 6.61 Å². The molecule has 0 unspecified atom stereocenters. The minimum atomic E-state index is -1.09. The number of aromatic amines is 1. The highest BCUT2D eigenvalue weighted by Crippen LogP contribution is 2.43. The van der Waals surface area contributed by atoms with E-state index in [0.717, 1.165) is 4.57 Å². The smallest absolute Gasteiger partial charge is 0.330 e. The number of hydrogen-bond acceptors (Lipinski definition) is 6. The third kappa shape index (κ3) is 1.92. The Labute approximate surface area is 113 Å². The van der Waals surface area contributed by atoms with Crippen molar-refractivity contribution in [1.29, 1.82) is 0 Å². The van der Waals surface area contributed by atoms with E-state index >= 15 is 0 Å². The Morgan fingerprint density at radius 1 is 1.50 bits per heavy atom. The van der Waals surface area contributed by atoms with Crippen molar-refractivity contribution in [1.82, 2.24) is 9.55 Å². The van der Waals surface area contributed by atoms with Gasteiger partial charge in [-0.05, 0) is 12.8 Å². The molecular formula is C12H16N2O6. The number of aliphatic hydroxyl groups excluding tert-OH is 2. The van der Waals surface area contributed by atoms with E-state index in [9.17, 15) is 19.8 Å². The van der Waals surface area contributed by atoms with E-state index < -0.39 is 35.3 Å². The van der Waals surface area contributed by atoms with Gasteiger partial charge in [-0.1, -0.05) is 0 Å². The van der Waals surface area contributed by atoms with Gasteiger partial charge >= 0.3 is 5.69 Å². The molecule has 20 heavy (non-hydrogen) atoms. The molecule has 3 N–H and O–H groups in total. The van der Waals surface area contributed by atoms with Crippen LogP contribution >= 0.6 is 0 Å². The lowest BCUT2D eigenvalue weighted by Crippen LogP contribution is -2.50. The number of rotatable bonds is 2. The third-order valence-corrected chi connectivity index (χ3v) is 3.91. The summed E-state index contributed by atoms with van der Waals surface area (Å²) in [7, 11) is 0. The Morgan fingerprint density at radius 2 is 2.30 bits per heavy atom. The van der Waals surface area contributed by atoms with Gasteiger partial charge in [-0.25, -0.2) is 4.79 Å². The summed E-state index contributed by atoms with van der Waals surface area (Å²) in [5.41, 5.74) is -2.20. The summed E-state index contributed by atoms with van der Waals surface area (Å²) in [5.74, 6) is 0. The zero-order valence-electron chi connectivity index (χ0n) is 10.7. The molecule has 0 aromatic carbocycles. The van der Waals surface area contributed by atoms with Crippen LogP contribution in [0.15, 0.2) is 21.9 Å². The van der Waals surface area contributed by atoms with Crippen LogP contribution in [0.3, 0.4) is 0 Å². The molecule has 0 bridgehead atoms. The van der Waals surface area contributed by atoms with E-state index in [-0.39, 0.29) is 6.61 Å². The van der Waals surface area contributed by atoms with Gasteiger partial charge in [0, 0.05) is 18.9 Å². The molecule has 2 aliphatic heterocycles. The Kier molecular flexibility index (Phi) is 3.25. The predicted octanol–water partition coefficient (Wildman–Crippen LogP) is -1.66. The Bertz CT molecular complexity index is 610. The second-order valence-corrected chi connectivity index (χ2v) is 5.13. The molecule has 0 radical (unpaired) electrons. The molecule has 3 rings (SSSR count). The van der Waals surface area contributed by atoms with Crippen LogP contribution in [0.5, 0.6) is 0 Å². The van der Waals surface area contributed by atoms with E-state index in [1.54, 1.807) is 0 Å². The molecule has 0 aliphatic carbocycles. The van der Waals surface area contributed by atoms with Crippen LogP contribution in [0.4, 0.5) is 0 Å². The lowest BCUT2D eigenvalue weighted by atomic mass is 9.89. The predicted molar refractivity (Wildman–Crippen MR) is 66.2 cm³/mol. The molecule has 2 saturated heterocycles. The van der Waals surface area contributed by atoms with Gasteiger partial charge in [-0.2, -0.15) is 0 Å².